The van der Waals surface area contributed by atoms with Gasteiger partial charge in [0.05, 0.1) is 13.7 Å². The number of hydrogen-bond donors (Lipinski definition) is 1. The number of carbonyl (C=O) groups is 1. The minimum absolute atomic E-state index is 0.115. The number of rotatable bonds is 11. The van der Waals surface area contributed by atoms with Crippen molar-refractivity contribution >= 4 is 12.0 Å². The van der Waals surface area contributed by atoms with Crippen molar-refractivity contribution in [3.8, 4) is 11.9 Å². The lowest BCUT2D eigenvalue weighted by atomic mass is 9.81. The van der Waals surface area contributed by atoms with Crippen LogP contribution in [0.4, 0.5) is 0 Å². The van der Waals surface area contributed by atoms with E-state index in [1.807, 2.05) is 103 Å². The lowest BCUT2D eigenvalue weighted by Gasteiger charge is -2.38. The quantitative estimate of drug-likeness (QED) is 0.301. The number of methoxy groups -OCH3 is 1. The molecule has 0 spiro atoms. The minimum Gasteiger partial charge on any atom is -0.481 e. The molecule has 4 rings (SSSR count). The van der Waals surface area contributed by atoms with E-state index in [-0.39, 0.29) is 18.5 Å². The Labute approximate surface area is 216 Å². The summed E-state index contributed by atoms with van der Waals surface area (Å²) in [4.78, 5) is 21.4. The fourth-order valence-electron chi connectivity index (χ4n) is 4.09. The normalized spacial score (nSPS) is 12.3. The molecule has 0 fully saturated rings. The van der Waals surface area contributed by atoms with Gasteiger partial charge in [-0.05, 0) is 23.6 Å². The van der Waals surface area contributed by atoms with Crippen LogP contribution < -0.4 is 9.47 Å². The van der Waals surface area contributed by atoms with E-state index in [1.165, 1.54) is 7.11 Å². The van der Waals surface area contributed by atoms with Gasteiger partial charge < -0.3 is 19.3 Å². The third-order valence-corrected chi connectivity index (χ3v) is 5.76. The molecule has 3 aromatic carbocycles. The summed E-state index contributed by atoms with van der Waals surface area (Å²) in [5.41, 5.74) is 1.27. The molecule has 1 heterocycles. The molecule has 1 unspecified atom stereocenters. The lowest BCUT2D eigenvalue weighted by molar-refractivity contribution is -0.162. The van der Waals surface area contributed by atoms with Crippen LogP contribution in [0.5, 0.6) is 11.9 Å². The zero-order chi connectivity index (χ0) is 26.1. The summed E-state index contributed by atoms with van der Waals surface area (Å²) in [5, 5.41) is 10.5. The van der Waals surface area contributed by atoms with Crippen LogP contribution in [0.3, 0.4) is 0 Å². The van der Waals surface area contributed by atoms with Gasteiger partial charge in [0.25, 0.3) is 0 Å². The van der Waals surface area contributed by atoms with E-state index in [2.05, 4.69) is 9.97 Å². The third-order valence-electron chi connectivity index (χ3n) is 5.76. The SMILES string of the molecule is COc1cc(C)nc(OC(C(=O)O)C(OC/C=C/c2ccccc2)(c2ccccc2)c2ccccc2)n1. The van der Waals surface area contributed by atoms with Gasteiger partial charge in [-0.3, -0.25) is 0 Å². The van der Waals surface area contributed by atoms with Crippen molar-refractivity contribution in [3.05, 3.63) is 126 Å². The average Bonchev–Trinajstić information content (AvgIpc) is 2.93. The molecule has 0 saturated carbocycles. The fourth-order valence-corrected chi connectivity index (χ4v) is 4.09. The molecule has 1 atom stereocenters. The number of carboxylic acid groups (broad SMARTS) is 1. The van der Waals surface area contributed by atoms with E-state index in [4.69, 9.17) is 14.2 Å². The van der Waals surface area contributed by atoms with E-state index >= 15 is 0 Å². The molecule has 0 radical (unpaired) electrons. The molecule has 188 valence electrons. The van der Waals surface area contributed by atoms with Crippen LogP contribution >= 0.6 is 0 Å². The van der Waals surface area contributed by atoms with Crippen LogP contribution in [-0.2, 0) is 15.1 Å². The maximum Gasteiger partial charge on any atom is 0.348 e. The molecule has 0 saturated heterocycles. The highest BCUT2D eigenvalue weighted by atomic mass is 16.6. The van der Waals surface area contributed by atoms with Crippen molar-refractivity contribution < 1.29 is 24.1 Å². The third kappa shape index (κ3) is 6.02. The highest BCUT2D eigenvalue weighted by Gasteiger charge is 2.50. The molecule has 1 aromatic heterocycles. The molecule has 0 aliphatic rings. The predicted molar refractivity (Wildman–Crippen MR) is 140 cm³/mol. The van der Waals surface area contributed by atoms with Crippen molar-refractivity contribution in [2.75, 3.05) is 13.7 Å². The molecule has 7 heteroatoms. The van der Waals surface area contributed by atoms with Crippen LogP contribution in [0.1, 0.15) is 22.4 Å². The van der Waals surface area contributed by atoms with Gasteiger partial charge in [-0.25, -0.2) is 9.78 Å². The number of aliphatic carboxylic acids is 1. The van der Waals surface area contributed by atoms with Gasteiger partial charge in [-0.1, -0.05) is 103 Å². The molecule has 7 nitrogen and oxygen atoms in total. The highest BCUT2D eigenvalue weighted by Crippen LogP contribution is 2.39. The summed E-state index contributed by atoms with van der Waals surface area (Å²) in [6, 6.07) is 29.7. The maximum atomic E-state index is 12.9. The van der Waals surface area contributed by atoms with Crippen molar-refractivity contribution in [3.63, 3.8) is 0 Å². The maximum absolute atomic E-state index is 12.9. The van der Waals surface area contributed by atoms with E-state index in [0.29, 0.717) is 16.8 Å². The molecular formula is C30H28N2O5. The molecule has 37 heavy (non-hydrogen) atoms. The summed E-state index contributed by atoms with van der Waals surface area (Å²) < 4.78 is 17.8. The van der Waals surface area contributed by atoms with Gasteiger partial charge >= 0.3 is 12.0 Å². The van der Waals surface area contributed by atoms with Crippen molar-refractivity contribution in [2.24, 2.45) is 0 Å². The number of ether oxygens (including phenoxy) is 3. The van der Waals surface area contributed by atoms with Gasteiger partial charge in [0, 0.05) is 11.8 Å². The summed E-state index contributed by atoms with van der Waals surface area (Å²) in [6.07, 6.45) is 2.24. The number of nitrogens with zero attached hydrogens (tertiary/aromatic N) is 2. The van der Waals surface area contributed by atoms with Crippen LogP contribution in [0.2, 0.25) is 0 Å². The van der Waals surface area contributed by atoms with Gasteiger partial charge in [-0.15, -0.1) is 0 Å². The van der Waals surface area contributed by atoms with Crippen LogP contribution in [-0.4, -0.2) is 40.9 Å². The van der Waals surface area contributed by atoms with Gasteiger partial charge in [0.2, 0.25) is 12.0 Å². The van der Waals surface area contributed by atoms with E-state index in [9.17, 15) is 9.90 Å². The van der Waals surface area contributed by atoms with E-state index < -0.39 is 17.7 Å². The predicted octanol–water partition coefficient (Wildman–Crippen LogP) is 5.30. The zero-order valence-electron chi connectivity index (χ0n) is 20.7. The van der Waals surface area contributed by atoms with Crippen molar-refractivity contribution in [1.29, 1.82) is 0 Å². The Morgan fingerprint density at radius 2 is 1.49 bits per heavy atom. The number of aromatic nitrogens is 2. The lowest BCUT2D eigenvalue weighted by Crippen LogP contribution is -2.51. The summed E-state index contributed by atoms with van der Waals surface area (Å²) in [6.45, 7) is 1.86. The van der Waals surface area contributed by atoms with Crippen LogP contribution in [0.15, 0.2) is 103 Å². The van der Waals surface area contributed by atoms with Crippen molar-refractivity contribution in [2.45, 2.75) is 18.6 Å². The highest BCUT2D eigenvalue weighted by molar-refractivity contribution is 5.76. The molecule has 0 aliphatic carbocycles. The Bertz CT molecular complexity index is 1290. The number of benzene rings is 3. The molecule has 4 aromatic rings. The number of carboxylic acids is 1. The molecule has 1 N–H and O–H groups in total. The summed E-state index contributed by atoms with van der Waals surface area (Å²) >= 11 is 0. The second-order valence-corrected chi connectivity index (χ2v) is 8.26. The molecular weight excluding hydrogens is 468 g/mol. The first-order valence-electron chi connectivity index (χ1n) is 11.8. The Balaban J connectivity index is 1.82. The fraction of sp³-hybridized carbons (Fsp3) is 0.167. The number of hydrogen-bond acceptors (Lipinski definition) is 6. The molecule has 0 bridgehead atoms. The second-order valence-electron chi connectivity index (χ2n) is 8.26. The first-order chi connectivity index (χ1) is 18.0. The van der Waals surface area contributed by atoms with Crippen LogP contribution in [0.25, 0.3) is 6.08 Å². The van der Waals surface area contributed by atoms with Crippen LogP contribution in [0, 0.1) is 6.92 Å². The summed E-state index contributed by atoms with van der Waals surface area (Å²) in [7, 11) is 1.47. The average molecular weight is 497 g/mol. The Kier molecular flexibility index (Phi) is 8.28. The van der Waals surface area contributed by atoms with Gasteiger partial charge in [0.1, 0.15) is 0 Å². The Hall–Kier alpha value is -4.49. The smallest absolute Gasteiger partial charge is 0.348 e. The first-order valence-corrected chi connectivity index (χ1v) is 11.8. The Morgan fingerprint density at radius 3 is 2.03 bits per heavy atom. The Morgan fingerprint density at radius 1 is 0.919 bits per heavy atom. The number of aryl methyl sites for hydroxylation is 1. The van der Waals surface area contributed by atoms with E-state index in [0.717, 1.165) is 5.56 Å². The first kappa shape index (κ1) is 25.6. The van der Waals surface area contributed by atoms with Gasteiger partial charge in [-0.2, -0.15) is 4.98 Å². The zero-order valence-corrected chi connectivity index (χ0v) is 20.7. The monoisotopic (exact) mass is 496 g/mol. The molecule has 0 amide bonds. The van der Waals surface area contributed by atoms with Crippen molar-refractivity contribution in [1.82, 2.24) is 9.97 Å². The minimum atomic E-state index is -1.53. The summed E-state index contributed by atoms with van der Waals surface area (Å²) in [5.74, 6) is -0.966. The standard InChI is InChI=1S/C30H28N2O5/c1-22-21-26(35-2)32-29(31-22)37-27(28(33)34)30(24-16-8-4-9-17-24,25-18-10-5-11-19-25)36-20-12-15-23-13-6-3-7-14-23/h3-19,21,27H,20H2,1-2H3,(H,33,34)/b15-12+. The molecule has 0 aliphatic heterocycles. The second kappa shape index (κ2) is 12.0. The van der Waals surface area contributed by atoms with Gasteiger partial charge in [0.15, 0.2) is 5.60 Å². The topological polar surface area (TPSA) is 90.8 Å². The largest absolute Gasteiger partial charge is 0.481 e. The van der Waals surface area contributed by atoms with E-state index in [1.54, 1.807) is 13.0 Å².